The number of hydrogen-bond donors (Lipinski definition) is 3. The second-order valence-electron chi connectivity index (χ2n) is 5.18. The summed E-state index contributed by atoms with van der Waals surface area (Å²) in [5, 5.41) is 15.6. The minimum Gasteiger partial charge on any atom is -0.497 e. The normalized spacial score (nSPS) is 14.0. The van der Waals surface area contributed by atoms with Crippen molar-refractivity contribution in [2.75, 3.05) is 25.1 Å². The van der Waals surface area contributed by atoms with Gasteiger partial charge in [0.05, 0.1) is 7.11 Å². The number of rotatable bonds is 5. The van der Waals surface area contributed by atoms with Gasteiger partial charge in [0.15, 0.2) is 0 Å². The Labute approximate surface area is 135 Å². The molecule has 0 aromatic heterocycles. The lowest BCUT2D eigenvalue weighted by Crippen LogP contribution is -2.34. The van der Waals surface area contributed by atoms with Gasteiger partial charge < -0.3 is 25.6 Å². The lowest BCUT2D eigenvalue weighted by atomic mass is 10.1. The van der Waals surface area contributed by atoms with Crippen LogP contribution in [0.1, 0.15) is 12.5 Å². The molecule has 2 rings (SSSR count). The highest BCUT2D eigenvalue weighted by molar-refractivity contribution is 5.89. The number of fused-ring (bicyclic) bond motifs is 1. The molecule has 1 aliphatic rings. The van der Waals surface area contributed by atoms with E-state index in [4.69, 9.17) is 20.7 Å². The summed E-state index contributed by atoms with van der Waals surface area (Å²) in [7, 11) is 1.70. The van der Waals surface area contributed by atoms with Gasteiger partial charge in [0, 0.05) is 43.0 Å². The molecule has 0 radical (unpaired) electrons. The number of aliphatic carboxylic acids is 2. The molecule has 0 bridgehead atoms. The van der Waals surface area contributed by atoms with Crippen LogP contribution in [0.15, 0.2) is 30.4 Å². The maximum Gasteiger partial charge on any atom is 0.328 e. The van der Waals surface area contributed by atoms with Crippen molar-refractivity contribution in [3.63, 3.8) is 0 Å². The van der Waals surface area contributed by atoms with Crippen molar-refractivity contribution in [2.24, 2.45) is 5.73 Å². The maximum absolute atomic E-state index is 9.55. The van der Waals surface area contributed by atoms with E-state index in [1.165, 1.54) is 11.3 Å². The fourth-order valence-corrected chi connectivity index (χ4v) is 2.23. The summed E-state index contributed by atoms with van der Waals surface area (Å²) in [6, 6.07) is 6.48. The highest BCUT2D eigenvalue weighted by Gasteiger charge is 2.19. The minimum absolute atomic E-state index is 0.210. The van der Waals surface area contributed by atoms with Crippen molar-refractivity contribution in [1.29, 1.82) is 0 Å². The molecule has 0 fully saturated rings. The summed E-state index contributed by atoms with van der Waals surface area (Å²) in [4.78, 5) is 21.4. The monoisotopic (exact) mass is 322 g/mol. The van der Waals surface area contributed by atoms with Crippen LogP contribution in [0.4, 0.5) is 5.69 Å². The van der Waals surface area contributed by atoms with Crippen molar-refractivity contribution in [1.82, 2.24) is 0 Å². The van der Waals surface area contributed by atoms with E-state index in [1.54, 1.807) is 7.11 Å². The summed E-state index contributed by atoms with van der Waals surface area (Å²) < 4.78 is 5.23. The van der Waals surface area contributed by atoms with Crippen LogP contribution >= 0.6 is 0 Å². The van der Waals surface area contributed by atoms with Crippen LogP contribution in [0, 0.1) is 0 Å². The highest BCUT2D eigenvalue weighted by Crippen LogP contribution is 2.31. The largest absolute Gasteiger partial charge is 0.497 e. The van der Waals surface area contributed by atoms with Gasteiger partial charge in [-0.25, -0.2) is 9.59 Å². The van der Waals surface area contributed by atoms with Crippen LogP contribution in [-0.2, 0) is 16.0 Å². The predicted octanol–water partition coefficient (Wildman–Crippen LogP) is 1.12. The number of methoxy groups -OCH3 is 1. The third kappa shape index (κ3) is 6.39. The van der Waals surface area contributed by atoms with Crippen LogP contribution in [0.5, 0.6) is 5.75 Å². The Morgan fingerprint density at radius 1 is 1.35 bits per heavy atom. The molecule has 0 amide bonds. The quantitative estimate of drug-likeness (QED) is 0.696. The zero-order valence-corrected chi connectivity index (χ0v) is 13.2. The van der Waals surface area contributed by atoms with Crippen LogP contribution < -0.4 is 15.4 Å². The first-order valence-electron chi connectivity index (χ1n) is 7.15. The smallest absolute Gasteiger partial charge is 0.328 e. The Bertz CT molecular complexity index is 568. The summed E-state index contributed by atoms with van der Waals surface area (Å²) >= 11 is 0. The highest BCUT2D eigenvalue weighted by atomic mass is 16.5. The topological polar surface area (TPSA) is 113 Å². The molecule has 1 aromatic carbocycles. The van der Waals surface area contributed by atoms with Crippen molar-refractivity contribution < 1.29 is 24.5 Å². The molecule has 1 atom stereocenters. The molecule has 4 N–H and O–H groups in total. The van der Waals surface area contributed by atoms with E-state index in [9.17, 15) is 9.59 Å². The SMILES string of the molecule is COc1ccc2c(c1)N(CC(C)N)CC2.O=C(O)C=CC(=O)O. The predicted molar refractivity (Wildman–Crippen MR) is 87.0 cm³/mol. The number of carboxylic acids is 2. The molecule has 1 aliphatic heterocycles. The van der Waals surface area contributed by atoms with Gasteiger partial charge in [-0.2, -0.15) is 0 Å². The second-order valence-corrected chi connectivity index (χ2v) is 5.18. The van der Waals surface area contributed by atoms with E-state index in [0.29, 0.717) is 12.2 Å². The molecular weight excluding hydrogens is 300 g/mol. The third-order valence-corrected chi connectivity index (χ3v) is 3.16. The third-order valence-electron chi connectivity index (χ3n) is 3.16. The Balaban J connectivity index is 0.000000284. The van der Waals surface area contributed by atoms with E-state index in [-0.39, 0.29) is 6.04 Å². The molecule has 0 saturated carbocycles. The summed E-state index contributed by atoms with van der Waals surface area (Å²) in [5.74, 6) is -1.59. The first-order chi connectivity index (χ1) is 10.8. The lowest BCUT2D eigenvalue weighted by Gasteiger charge is -2.21. The maximum atomic E-state index is 9.55. The molecule has 0 saturated heterocycles. The molecule has 1 unspecified atom stereocenters. The molecular formula is C16H22N2O5. The number of anilines is 1. The zero-order valence-electron chi connectivity index (χ0n) is 13.2. The molecule has 7 heteroatoms. The Morgan fingerprint density at radius 3 is 2.43 bits per heavy atom. The van der Waals surface area contributed by atoms with E-state index in [1.807, 2.05) is 13.0 Å². The van der Waals surface area contributed by atoms with E-state index in [2.05, 4.69) is 17.0 Å². The summed E-state index contributed by atoms with van der Waals surface area (Å²) in [5.41, 5.74) is 8.51. The number of benzene rings is 1. The van der Waals surface area contributed by atoms with Crippen molar-refractivity contribution in [2.45, 2.75) is 19.4 Å². The number of nitrogens with zero attached hydrogens (tertiary/aromatic N) is 1. The van der Waals surface area contributed by atoms with E-state index >= 15 is 0 Å². The number of nitrogens with two attached hydrogens (primary N) is 1. The van der Waals surface area contributed by atoms with Crippen LogP contribution in [0.2, 0.25) is 0 Å². The van der Waals surface area contributed by atoms with Crippen molar-refractivity contribution >= 4 is 17.6 Å². The lowest BCUT2D eigenvalue weighted by molar-refractivity contribution is -0.134. The average molecular weight is 322 g/mol. The van der Waals surface area contributed by atoms with Gasteiger partial charge in [-0.05, 0) is 25.0 Å². The zero-order chi connectivity index (χ0) is 17.4. The Hall–Kier alpha value is -2.54. The van der Waals surface area contributed by atoms with Crippen LogP contribution in [-0.4, -0.2) is 48.4 Å². The fourth-order valence-electron chi connectivity index (χ4n) is 2.23. The Morgan fingerprint density at radius 2 is 1.96 bits per heavy atom. The van der Waals surface area contributed by atoms with Gasteiger partial charge in [-0.1, -0.05) is 6.07 Å². The van der Waals surface area contributed by atoms with Crippen LogP contribution in [0.3, 0.4) is 0 Å². The second kappa shape index (κ2) is 8.79. The molecule has 1 aromatic rings. The molecule has 7 nitrogen and oxygen atoms in total. The van der Waals surface area contributed by atoms with Gasteiger partial charge in [-0.3, -0.25) is 0 Å². The molecule has 0 aliphatic carbocycles. The first-order valence-corrected chi connectivity index (χ1v) is 7.15. The number of ether oxygens (including phenoxy) is 1. The van der Waals surface area contributed by atoms with Crippen molar-refractivity contribution in [3.8, 4) is 5.75 Å². The van der Waals surface area contributed by atoms with E-state index in [0.717, 1.165) is 25.3 Å². The number of carboxylic acid groups (broad SMARTS) is 2. The fraction of sp³-hybridized carbons (Fsp3) is 0.375. The minimum atomic E-state index is -1.26. The number of hydrogen-bond acceptors (Lipinski definition) is 5. The van der Waals surface area contributed by atoms with E-state index < -0.39 is 11.9 Å². The van der Waals surface area contributed by atoms with Gasteiger partial charge in [0.25, 0.3) is 0 Å². The molecule has 1 heterocycles. The Kier molecular flexibility index (Phi) is 7.08. The molecule has 126 valence electrons. The first kappa shape index (κ1) is 18.5. The molecule has 0 spiro atoms. The van der Waals surface area contributed by atoms with Crippen LogP contribution in [0.25, 0.3) is 0 Å². The van der Waals surface area contributed by atoms with Gasteiger partial charge in [0.1, 0.15) is 5.75 Å². The number of carbonyl (C=O) groups is 2. The molecule has 23 heavy (non-hydrogen) atoms. The van der Waals surface area contributed by atoms with Gasteiger partial charge in [-0.15, -0.1) is 0 Å². The summed E-state index contributed by atoms with van der Waals surface area (Å²) in [6.45, 7) is 4.03. The standard InChI is InChI=1S/C12H18N2O.C4H4O4/c1-9(13)8-14-6-5-10-3-4-11(15-2)7-12(10)14;5-3(6)1-2-4(7)8/h3-4,7,9H,5-6,8,13H2,1-2H3;1-2H,(H,5,6)(H,7,8). The average Bonchev–Trinajstić information content (AvgIpc) is 2.87. The van der Waals surface area contributed by atoms with Gasteiger partial charge in [0.2, 0.25) is 0 Å². The summed E-state index contributed by atoms with van der Waals surface area (Å²) in [6.07, 6.45) is 2.23. The van der Waals surface area contributed by atoms with Crippen molar-refractivity contribution in [3.05, 3.63) is 35.9 Å². The van der Waals surface area contributed by atoms with Gasteiger partial charge >= 0.3 is 11.9 Å².